The Morgan fingerprint density at radius 1 is 1.12 bits per heavy atom. The lowest BCUT2D eigenvalue weighted by atomic mass is 10.1. The number of fused-ring (bicyclic) bond motifs is 1. The molecular weight excluding hydrogens is 447 g/mol. The summed E-state index contributed by atoms with van der Waals surface area (Å²) in [7, 11) is -1.32. The van der Waals surface area contributed by atoms with Crippen LogP contribution in [0.2, 0.25) is 0 Å². The van der Waals surface area contributed by atoms with Crippen molar-refractivity contribution in [3.8, 4) is 28.4 Å². The van der Waals surface area contributed by atoms with Crippen molar-refractivity contribution in [1.82, 2.24) is 19.4 Å². The highest BCUT2D eigenvalue weighted by Crippen LogP contribution is 2.35. The van der Waals surface area contributed by atoms with Gasteiger partial charge in [-0.15, -0.1) is 11.3 Å². The van der Waals surface area contributed by atoms with Gasteiger partial charge in [-0.25, -0.2) is 19.3 Å². The highest BCUT2D eigenvalue weighted by molar-refractivity contribution is 7.84. The van der Waals surface area contributed by atoms with Crippen molar-refractivity contribution in [3.63, 3.8) is 0 Å². The van der Waals surface area contributed by atoms with Gasteiger partial charge >= 0.3 is 0 Å². The van der Waals surface area contributed by atoms with Crippen molar-refractivity contribution in [2.45, 2.75) is 11.8 Å². The van der Waals surface area contributed by atoms with Gasteiger partial charge in [-0.1, -0.05) is 30.3 Å². The van der Waals surface area contributed by atoms with E-state index in [0.717, 1.165) is 16.2 Å². The third-order valence-corrected chi connectivity index (χ3v) is 6.30. The zero-order valence-electron chi connectivity index (χ0n) is 16.9. The van der Waals surface area contributed by atoms with E-state index in [1.807, 2.05) is 46.3 Å². The molecule has 160 valence electrons. The Kier molecular flexibility index (Phi) is 5.50. The molecule has 0 saturated carbocycles. The number of rotatable bonds is 6. The van der Waals surface area contributed by atoms with E-state index < -0.39 is 16.6 Å². The molecular formula is C23H17FN4O2S2. The molecule has 1 atom stereocenters. The molecule has 0 saturated heterocycles. The Hall–Kier alpha value is -3.43. The van der Waals surface area contributed by atoms with E-state index in [0.29, 0.717) is 17.0 Å². The van der Waals surface area contributed by atoms with E-state index in [1.54, 1.807) is 24.4 Å². The standard InChI is InChI=1S/C23H17FN4O2S2/c1-32(29)22-25-10-9-18(26-22)21-20(27-23-28(21)11-12-31-23)16-7-8-17(24)19(13-16)30-14-15-5-3-2-4-6-15/h2-13H,14H2,1H3. The van der Waals surface area contributed by atoms with Crippen LogP contribution in [0.4, 0.5) is 4.39 Å². The van der Waals surface area contributed by atoms with Crippen LogP contribution in [0, 0.1) is 5.82 Å². The molecule has 0 bridgehead atoms. The molecule has 1 unspecified atom stereocenters. The third-order valence-electron chi connectivity index (χ3n) is 4.84. The lowest BCUT2D eigenvalue weighted by molar-refractivity contribution is 0.290. The average molecular weight is 465 g/mol. The lowest BCUT2D eigenvalue weighted by Gasteiger charge is -2.10. The predicted octanol–water partition coefficient (Wildman–Crippen LogP) is 4.98. The third kappa shape index (κ3) is 3.92. The van der Waals surface area contributed by atoms with Gasteiger partial charge in [0.2, 0.25) is 5.16 Å². The second-order valence-corrected chi connectivity index (χ2v) is 9.11. The number of hydrogen-bond donors (Lipinski definition) is 0. The fourth-order valence-electron chi connectivity index (χ4n) is 3.34. The Morgan fingerprint density at radius 3 is 2.78 bits per heavy atom. The number of ether oxygens (including phenoxy) is 1. The molecule has 0 radical (unpaired) electrons. The number of aromatic nitrogens is 4. The first-order chi connectivity index (χ1) is 15.6. The molecule has 9 heteroatoms. The molecule has 0 amide bonds. The SMILES string of the molecule is CS(=O)c1nccc(-c2c(-c3ccc(F)c(OCc4ccccc4)c3)nc3sccn23)n1. The van der Waals surface area contributed by atoms with E-state index in [9.17, 15) is 8.60 Å². The summed E-state index contributed by atoms with van der Waals surface area (Å²) in [5.74, 6) is -0.301. The molecule has 5 aromatic rings. The number of nitrogens with zero attached hydrogens (tertiary/aromatic N) is 4. The van der Waals surface area contributed by atoms with Crippen LogP contribution in [0.3, 0.4) is 0 Å². The van der Waals surface area contributed by atoms with Gasteiger partial charge in [0.05, 0.1) is 22.2 Å². The quantitative estimate of drug-likeness (QED) is 0.332. The smallest absolute Gasteiger partial charge is 0.218 e. The van der Waals surface area contributed by atoms with E-state index in [2.05, 4.69) is 9.97 Å². The summed E-state index contributed by atoms with van der Waals surface area (Å²) in [6, 6.07) is 16.0. The fourth-order valence-corrected chi connectivity index (χ4v) is 4.49. The van der Waals surface area contributed by atoms with E-state index in [-0.39, 0.29) is 17.5 Å². The van der Waals surface area contributed by atoms with Crippen LogP contribution in [0.15, 0.2) is 77.5 Å². The Labute approximate surface area is 189 Å². The van der Waals surface area contributed by atoms with E-state index in [1.165, 1.54) is 23.7 Å². The molecule has 0 N–H and O–H groups in total. The molecule has 3 aromatic heterocycles. The van der Waals surface area contributed by atoms with Crippen LogP contribution in [0.1, 0.15) is 5.56 Å². The number of benzene rings is 2. The number of thiazole rings is 1. The van der Waals surface area contributed by atoms with Gasteiger partial charge in [-0.2, -0.15) is 0 Å². The molecule has 0 aliphatic heterocycles. The Morgan fingerprint density at radius 2 is 1.97 bits per heavy atom. The van der Waals surface area contributed by atoms with Crippen LogP contribution in [-0.4, -0.2) is 29.8 Å². The van der Waals surface area contributed by atoms with E-state index >= 15 is 0 Å². The monoisotopic (exact) mass is 464 g/mol. The maximum absolute atomic E-state index is 14.5. The maximum Gasteiger partial charge on any atom is 0.218 e. The summed E-state index contributed by atoms with van der Waals surface area (Å²) in [5, 5.41) is 2.17. The zero-order chi connectivity index (χ0) is 22.1. The van der Waals surface area contributed by atoms with Gasteiger partial charge in [0.25, 0.3) is 0 Å². The van der Waals surface area contributed by atoms with E-state index in [4.69, 9.17) is 9.72 Å². The van der Waals surface area contributed by atoms with Crippen LogP contribution in [-0.2, 0) is 17.4 Å². The van der Waals surface area contributed by atoms with Crippen molar-refractivity contribution >= 4 is 27.1 Å². The topological polar surface area (TPSA) is 69.4 Å². The Balaban J connectivity index is 1.58. The summed E-state index contributed by atoms with van der Waals surface area (Å²) in [4.78, 5) is 14.1. The van der Waals surface area contributed by atoms with Gasteiger partial charge < -0.3 is 4.74 Å². The van der Waals surface area contributed by atoms with Crippen molar-refractivity contribution in [2.75, 3.05) is 6.26 Å². The maximum atomic E-state index is 14.5. The molecule has 0 fully saturated rings. The first kappa shape index (κ1) is 20.5. The van der Waals surface area contributed by atoms with Crippen molar-refractivity contribution < 1.29 is 13.3 Å². The molecule has 6 nitrogen and oxygen atoms in total. The highest BCUT2D eigenvalue weighted by atomic mass is 32.2. The molecule has 3 heterocycles. The van der Waals surface area contributed by atoms with Crippen LogP contribution < -0.4 is 4.74 Å². The molecule has 5 rings (SSSR count). The minimum Gasteiger partial charge on any atom is -0.486 e. The highest BCUT2D eigenvalue weighted by Gasteiger charge is 2.20. The molecule has 32 heavy (non-hydrogen) atoms. The fraction of sp³-hybridized carbons (Fsp3) is 0.0870. The van der Waals surface area contributed by atoms with Crippen LogP contribution in [0.5, 0.6) is 5.75 Å². The van der Waals surface area contributed by atoms with Gasteiger partial charge in [0.1, 0.15) is 12.3 Å². The van der Waals surface area contributed by atoms with Crippen molar-refractivity contribution in [2.24, 2.45) is 0 Å². The second kappa shape index (κ2) is 8.60. The first-order valence-corrected chi connectivity index (χ1v) is 12.1. The Bertz CT molecular complexity index is 1430. The normalized spacial score (nSPS) is 12.2. The van der Waals surface area contributed by atoms with Crippen LogP contribution in [0.25, 0.3) is 27.6 Å². The minimum absolute atomic E-state index is 0.145. The summed E-state index contributed by atoms with van der Waals surface area (Å²) in [6.45, 7) is 0.254. The molecule has 2 aromatic carbocycles. The summed E-state index contributed by atoms with van der Waals surface area (Å²) in [5.41, 5.74) is 3.57. The van der Waals surface area contributed by atoms with Crippen LogP contribution >= 0.6 is 11.3 Å². The molecule has 0 aliphatic carbocycles. The van der Waals surface area contributed by atoms with Gasteiger partial charge in [0, 0.05) is 29.6 Å². The predicted molar refractivity (Wildman–Crippen MR) is 123 cm³/mol. The zero-order valence-corrected chi connectivity index (χ0v) is 18.6. The second-order valence-electron chi connectivity index (χ2n) is 6.96. The van der Waals surface area contributed by atoms with Gasteiger partial charge in [0.15, 0.2) is 16.5 Å². The largest absolute Gasteiger partial charge is 0.486 e. The lowest BCUT2D eigenvalue weighted by Crippen LogP contribution is -2.00. The molecule has 0 aliphatic rings. The number of imidazole rings is 1. The summed E-state index contributed by atoms with van der Waals surface area (Å²) in [6.07, 6.45) is 5.01. The summed E-state index contributed by atoms with van der Waals surface area (Å²) >= 11 is 1.48. The van der Waals surface area contributed by atoms with Crippen molar-refractivity contribution in [1.29, 1.82) is 0 Å². The summed E-state index contributed by atoms with van der Waals surface area (Å²) < 4.78 is 34.1. The minimum atomic E-state index is -1.32. The molecule has 0 spiro atoms. The average Bonchev–Trinajstić information content (AvgIpc) is 3.41. The van der Waals surface area contributed by atoms with Gasteiger partial charge in [-0.3, -0.25) is 8.61 Å². The first-order valence-electron chi connectivity index (χ1n) is 9.69. The number of hydrogen-bond acceptors (Lipinski definition) is 6. The van der Waals surface area contributed by atoms with Gasteiger partial charge in [-0.05, 0) is 29.8 Å². The number of halogens is 1. The van der Waals surface area contributed by atoms with Crippen molar-refractivity contribution in [3.05, 3.63) is 83.8 Å².